The molecule has 1 heterocycles. The molecule has 5 atom stereocenters. The Balaban J connectivity index is 1.78. The first-order valence-corrected chi connectivity index (χ1v) is 9.96. The van der Waals surface area contributed by atoms with Crippen molar-refractivity contribution in [2.24, 2.45) is 17.8 Å². The zero-order valence-corrected chi connectivity index (χ0v) is 15.5. The highest BCUT2D eigenvalue weighted by molar-refractivity contribution is 5.66. The third-order valence-corrected chi connectivity index (χ3v) is 5.57. The second kappa shape index (κ2) is 10.8. The number of hydrogen-bond donors (Lipinski definition) is 2. The van der Waals surface area contributed by atoms with E-state index in [0.29, 0.717) is 30.3 Å². The Labute approximate surface area is 152 Å². The Bertz CT molecular complexity index is 457. The van der Waals surface area contributed by atoms with E-state index in [1.807, 2.05) is 6.08 Å². The van der Waals surface area contributed by atoms with Crippen LogP contribution in [0.5, 0.6) is 0 Å². The Hall–Kier alpha value is -1.13. The van der Waals surface area contributed by atoms with Crippen molar-refractivity contribution < 1.29 is 19.7 Å². The number of aliphatic hydroxyl groups excluding tert-OH is 1. The van der Waals surface area contributed by atoms with Crippen molar-refractivity contribution >= 4 is 5.97 Å². The van der Waals surface area contributed by atoms with Gasteiger partial charge in [0.1, 0.15) is 0 Å². The Morgan fingerprint density at radius 3 is 2.88 bits per heavy atom. The van der Waals surface area contributed by atoms with Crippen LogP contribution in [-0.4, -0.2) is 35.0 Å². The van der Waals surface area contributed by atoms with Gasteiger partial charge in [0.25, 0.3) is 0 Å². The summed E-state index contributed by atoms with van der Waals surface area (Å²) in [5.41, 5.74) is 0. The van der Waals surface area contributed by atoms with Crippen LogP contribution in [0, 0.1) is 17.8 Å². The van der Waals surface area contributed by atoms with Gasteiger partial charge in [-0.3, -0.25) is 4.79 Å². The molecule has 1 aliphatic heterocycles. The van der Waals surface area contributed by atoms with Gasteiger partial charge in [-0.25, -0.2) is 0 Å². The Morgan fingerprint density at radius 2 is 2.12 bits per heavy atom. The van der Waals surface area contributed by atoms with Gasteiger partial charge in [0.2, 0.25) is 0 Å². The van der Waals surface area contributed by atoms with Gasteiger partial charge in [0.05, 0.1) is 18.8 Å². The van der Waals surface area contributed by atoms with Gasteiger partial charge >= 0.3 is 5.97 Å². The van der Waals surface area contributed by atoms with Gasteiger partial charge < -0.3 is 14.9 Å². The summed E-state index contributed by atoms with van der Waals surface area (Å²) in [7, 11) is 0. The van der Waals surface area contributed by atoms with Gasteiger partial charge in [0.15, 0.2) is 0 Å². The van der Waals surface area contributed by atoms with E-state index in [0.717, 1.165) is 38.7 Å². The second-order valence-electron chi connectivity index (χ2n) is 7.55. The van der Waals surface area contributed by atoms with E-state index in [-0.39, 0.29) is 12.5 Å². The number of aliphatic hydroxyl groups is 1. The van der Waals surface area contributed by atoms with Crippen molar-refractivity contribution in [1.29, 1.82) is 0 Å². The summed E-state index contributed by atoms with van der Waals surface area (Å²) in [4.78, 5) is 10.5. The highest BCUT2D eigenvalue weighted by Crippen LogP contribution is 2.47. The lowest BCUT2D eigenvalue weighted by Gasteiger charge is -2.28. The fraction of sp³-hybridized carbons (Fsp3) is 0.762. The van der Waals surface area contributed by atoms with Crippen molar-refractivity contribution in [2.75, 3.05) is 6.61 Å². The summed E-state index contributed by atoms with van der Waals surface area (Å²) < 4.78 is 5.88. The standard InChI is InChI=1S/C21H34O4/c1-2-3-6-9-17(22)12-13-18-16-14-20(25-15-16)19(18)10-7-4-5-8-11-21(23)24/h4,7,12-13,16-20,22H,2-3,5-6,8-11,14-15H2,1H3,(H,23,24)/b7-4+,13-12+/t16-,17-,18-,19-,20-/m0/s1. The SMILES string of the molecule is CCCCC[C@H](O)/C=C/[C@H]1[C@@H]2CO[C@@H](C2)[C@H]1C/C=C/CCCC(=O)O. The molecule has 1 saturated heterocycles. The van der Waals surface area contributed by atoms with Crippen LogP contribution in [0.25, 0.3) is 0 Å². The highest BCUT2D eigenvalue weighted by Gasteiger charge is 2.46. The molecule has 2 rings (SSSR count). The van der Waals surface area contributed by atoms with Crippen LogP contribution < -0.4 is 0 Å². The van der Waals surface area contributed by atoms with Gasteiger partial charge in [-0.05, 0) is 49.9 Å². The maximum absolute atomic E-state index is 10.5. The lowest BCUT2D eigenvalue weighted by molar-refractivity contribution is -0.137. The summed E-state index contributed by atoms with van der Waals surface area (Å²) in [6.07, 6.45) is 16.8. The molecular weight excluding hydrogens is 316 g/mol. The third-order valence-electron chi connectivity index (χ3n) is 5.57. The maximum atomic E-state index is 10.5. The van der Waals surface area contributed by atoms with Crippen LogP contribution in [0.1, 0.15) is 64.7 Å². The first-order valence-electron chi connectivity index (χ1n) is 9.96. The molecule has 0 spiro atoms. The predicted molar refractivity (Wildman–Crippen MR) is 99.4 cm³/mol. The number of ether oxygens (including phenoxy) is 1. The smallest absolute Gasteiger partial charge is 0.303 e. The number of rotatable bonds is 12. The molecule has 2 aliphatic rings. The fourth-order valence-corrected chi connectivity index (χ4v) is 4.15. The first kappa shape index (κ1) is 20.2. The molecule has 0 aromatic carbocycles. The zero-order chi connectivity index (χ0) is 18.1. The van der Waals surface area contributed by atoms with Crippen LogP contribution in [-0.2, 0) is 9.53 Å². The predicted octanol–water partition coefficient (Wildman–Crippen LogP) is 4.34. The van der Waals surface area contributed by atoms with Gasteiger partial charge in [-0.15, -0.1) is 0 Å². The molecule has 0 aromatic heterocycles. The molecular formula is C21H34O4. The van der Waals surface area contributed by atoms with E-state index in [4.69, 9.17) is 9.84 Å². The Morgan fingerprint density at radius 1 is 1.28 bits per heavy atom. The molecule has 0 amide bonds. The normalized spacial score (nSPS) is 29.8. The van der Waals surface area contributed by atoms with E-state index < -0.39 is 5.97 Å². The van der Waals surface area contributed by atoms with E-state index in [9.17, 15) is 9.90 Å². The van der Waals surface area contributed by atoms with Crippen LogP contribution in [0.4, 0.5) is 0 Å². The number of carboxylic acid groups (broad SMARTS) is 1. The van der Waals surface area contributed by atoms with Crippen molar-refractivity contribution in [3.63, 3.8) is 0 Å². The molecule has 4 nitrogen and oxygen atoms in total. The molecule has 2 N–H and O–H groups in total. The first-order chi connectivity index (χ1) is 12.1. The minimum Gasteiger partial charge on any atom is -0.481 e. The van der Waals surface area contributed by atoms with Crippen LogP contribution >= 0.6 is 0 Å². The minimum atomic E-state index is -0.724. The number of aliphatic carboxylic acids is 1. The van der Waals surface area contributed by atoms with Crippen LogP contribution in [0.3, 0.4) is 0 Å². The number of unbranched alkanes of at least 4 members (excludes halogenated alkanes) is 3. The number of allylic oxidation sites excluding steroid dienone is 3. The monoisotopic (exact) mass is 350 g/mol. The van der Waals surface area contributed by atoms with Crippen molar-refractivity contribution in [3.05, 3.63) is 24.3 Å². The van der Waals surface area contributed by atoms with Crippen LogP contribution in [0.15, 0.2) is 24.3 Å². The second-order valence-corrected chi connectivity index (χ2v) is 7.55. The van der Waals surface area contributed by atoms with Crippen molar-refractivity contribution in [1.82, 2.24) is 0 Å². The molecule has 142 valence electrons. The molecule has 2 fully saturated rings. The number of fused-ring (bicyclic) bond motifs is 2. The van der Waals surface area contributed by atoms with E-state index in [1.54, 1.807) is 0 Å². The third kappa shape index (κ3) is 6.59. The number of carboxylic acids is 1. The van der Waals surface area contributed by atoms with Crippen LogP contribution in [0.2, 0.25) is 0 Å². The van der Waals surface area contributed by atoms with Gasteiger partial charge in [0, 0.05) is 6.42 Å². The largest absolute Gasteiger partial charge is 0.481 e. The summed E-state index contributed by atoms with van der Waals surface area (Å²) >= 11 is 0. The number of carbonyl (C=O) groups is 1. The van der Waals surface area contributed by atoms with Crippen molar-refractivity contribution in [3.8, 4) is 0 Å². The summed E-state index contributed by atoms with van der Waals surface area (Å²) in [6, 6.07) is 0. The molecule has 0 radical (unpaired) electrons. The topological polar surface area (TPSA) is 66.8 Å². The quantitative estimate of drug-likeness (QED) is 0.406. The zero-order valence-electron chi connectivity index (χ0n) is 15.5. The summed E-state index contributed by atoms with van der Waals surface area (Å²) in [6.45, 7) is 3.03. The average Bonchev–Trinajstić information content (AvgIpc) is 3.17. The van der Waals surface area contributed by atoms with Gasteiger partial charge in [-0.2, -0.15) is 0 Å². The lowest BCUT2D eigenvalue weighted by atomic mass is 9.85. The summed E-state index contributed by atoms with van der Waals surface area (Å²) in [5.74, 6) is 0.865. The molecule has 1 saturated carbocycles. The van der Waals surface area contributed by atoms with E-state index in [2.05, 4.69) is 25.2 Å². The molecule has 0 unspecified atom stereocenters. The molecule has 0 aromatic rings. The molecule has 25 heavy (non-hydrogen) atoms. The molecule has 1 aliphatic carbocycles. The maximum Gasteiger partial charge on any atom is 0.303 e. The lowest BCUT2D eigenvalue weighted by Crippen LogP contribution is -2.27. The van der Waals surface area contributed by atoms with E-state index >= 15 is 0 Å². The highest BCUT2D eigenvalue weighted by atomic mass is 16.5. The van der Waals surface area contributed by atoms with E-state index in [1.165, 1.54) is 12.8 Å². The summed E-state index contributed by atoms with van der Waals surface area (Å²) in [5, 5.41) is 18.8. The van der Waals surface area contributed by atoms with Gasteiger partial charge in [-0.1, -0.05) is 50.5 Å². The fourth-order valence-electron chi connectivity index (χ4n) is 4.15. The van der Waals surface area contributed by atoms with Crippen molar-refractivity contribution in [2.45, 2.75) is 76.9 Å². The molecule has 2 bridgehead atoms. The minimum absolute atomic E-state index is 0.239. The number of hydrogen-bond acceptors (Lipinski definition) is 3. The Kier molecular flexibility index (Phi) is 8.70. The average molecular weight is 350 g/mol. The molecule has 4 heteroatoms.